The normalized spacial score (nSPS) is 15.3. The quantitative estimate of drug-likeness (QED) is 0.884. The molecule has 0 unspecified atom stereocenters. The Bertz CT molecular complexity index is 788. The highest BCUT2D eigenvalue weighted by molar-refractivity contribution is 6.35. The second kappa shape index (κ2) is 7.70. The Hall–Kier alpha value is -2.34. The number of fused-ring (bicyclic) bond motifs is 1. The molecule has 7 heteroatoms. The minimum absolute atomic E-state index is 0.0725. The lowest BCUT2D eigenvalue weighted by molar-refractivity contribution is -0.139. The molecule has 1 aromatic carbocycles. The van der Waals surface area contributed by atoms with Gasteiger partial charge in [0.1, 0.15) is 11.3 Å². The molecular formula is C18H19ClN2O4. The Morgan fingerprint density at radius 1 is 1.28 bits per heavy atom. The number of carbonyl (C=O) groups excluding carboxylic acids is 1. The molecule has 0 saturated carbocycles. The summed E-state index contributed by atoms with van der Waals surface area (Å²) >= 11 is 6.15. The number of ether oxygens (including phenoxy) is 1. The lowest BCUT2D eigenvalue weighted by Gasteiger charge is -2.31. The van der Waals surface area contributed by atoms with Gasteiger partial charge in [0.2, 0.25) is 0 Å². The van der Waals surface area contributed by atoms with Crippen molar-refractivity contribution in [2.45, 2.75) is 19.3 Å². The first-order chi connectivity index (χ1) is 12.0. The Morgan fingerprint density at radius 3 is 2.76 bits per heavy atom. The van der Waals surface area contributed by atoms with Gasteiger partial charge in [-0.2, -0.15) is 0 Å². The van der Waals surface area contributed by atoms with Crippen LogP contribution in [0.2, 0.25) is 5.02 Å². The van der Waals surface area contributed by atoms with E-state index in [-0.39, 0.29) is 24.9 Å². The molecule has 1 N–H and O–H groups in total. The first-order valence-electron chi connectivity index (χ1n) is 8.20. The summed E-state index contributed by atoms with van der Waals surface area (Å²) in [6.07, 6.45) is 3.24. The van der Waals surface area contributed by atoms with Gasteiger partial charge < -0.3 is 14.7 Å². The van der Waals surface area contributed by atoms with Gasteiger partial charge >= 0.3 is 5.97 Å². The van der Waals surface area contributed by atoms with Crippen molar-refractivity contribution >= 4 is 34.4 Å². The van der Waals surface area contributed by atoms with Gasteiger partial charge in [-0.15, -0.1) is 0 Å². The maximum Gasteiger partial charge on any atom is 0.303 e. The predicted octanol–water partition coefficient (Wildman–Crippen LogP) is 2.98. The maximum absolute atomic E-state index is 12.3. The number of amides is 1. The molecule has 1 aliphatic heterocycles. The number of hydrogen-bond acceptors (Lipinski definition) is 4. The Labute approximate surface area is 150 Å². The van der Waals surface area contributed by atoms with Crippen molar-refractivity contribution in [3.8, 4) is 5.75 Å². The molecule has 1 aromatic heterocycles. The third kappa shape index (κ3) is 4.20. The van der Waals surface area contributed by atoms with E-state index in [1.54, 1.807) is 29.3 Å². The number of benzene rings is 1. The zero-order valence-electron chi connectivity index (χ0n) is 13.7. The van der Waals surface area contributed by atoms with Gasteiger partial charge in [0.15, 0.2) is 6.61 Å². The molecule has 0 atom stereocenters. The SMILES string of the molecule is O=C(O)CC1CCN(C(=O)COc2ccc(Cl)c3cccnc23)CC1. The Kier molecular flexibility index (Phi) is 5.38. The van der Waals surface area contributed by atoms with E-state index in [0.717, 1.165) is 5.39 Å². The monoisotopic (exact) mass is 362 g/mol. The predicted molar refractivity (Wildman–Crippen MR) is 93.8 cm³/mol. The fourth-order valence-electron chi connectivity index (χ4n) is 3.09. The largest absolute Gasteiger partial charge is 0.481 e. The van der Waals surface area contributed by atoms with Crippen LogP contribution < -0.4 is 4.74 Å². The topological polar surface area (TPSA) is 79.7 Å². The fourth-order valence-corrected chi connectivity index (χ4v) is 3.31. The number of carbonyl (C=O) groups is 2. The summed E-state index contributed by atoms with van der Waals surface area (Å²) in [6, 6.07) is 7.09. The zero-order valence-corrected chi connectivity index (χ0v) is 14.4. The number of pyridine rings is 1. The molecule has 0 aliphatic carbocycles. The standard InChI is InChI=1S/C18H19ClN2O4/c19-14-3-4-15(18-13(14)2-1-7-20-18)25-11-16(22)21-8-5-12(6-9-21)10-17(23)24/h1-4,7,12H,5-6,8-11H2,(H,23,24). The molecule has 0 spiro atoms. The molecule has 6 nitrogen and oxygen atoms in total. The van der Waals surface area contributed by atoms with Crippen molar-refractivity contribution in [3.05, 3.63) is 35.5 Å². The molecule has 0 bridgehead atoms. The van der Waals surface area contributed by atoms with Gasteiger partial charge in [-0.25, -0.2) is 0 Å². The lowest BCUT2D eigenvalue weighted by atomic mass is 9.94. The van der Waals surface area contributed by atoms with Crippen LogP contribution in [0.15, 0.2) is 30.5 Å². The van der Waals surface area contributed by atoms with Crippen LogP contribution in [0.1, 0.15) is 19.3 Å². The zero-order chi connectivity index (χ0) is 17.8. The number of likely N-dealkylation sites (tertiary alicyclic amines) is 1. The minimum Gasteiger partial charge on any atom is -0.481 e. The van der Waals surface area contributed by atoms with Crippen LogP contribution in [0, 0.1) is 5.92 Å². The van der Waals surface area contributed by atoms with E-state index in [9.17, 15) is 9.59 Å². The van der Waals surface area contributed by atoms with Crippen LogP contribution >= 0.6 is 11.6 Å². The summed E-state index contributed by atoms with van der Waals surface area (Å²) in [5.74, 6) is -0.218. The van der Waals surface area contributed by atoms with Gasteiger partial charge in [0.05, 0.1) is 5.02 Å². The molecule has 3 rings (SSSR count). The van der Waals surface area contributed by atoms with E-state index in [1.165, 1.54) is 0 Å². The summed E-state index contributed by atoms with van der Waals surface area (Å²) in [4.78, 5) is 29.1. The number of carboxylic acid groups (broad SMARTS) is 1. The molecule has 2 aromatic rings. The van der Waals surface area contributed by atoms with Crippen molar-refractivity contribution in [2.75, 3.05) is 19.7 Å². The Morgan fingerprint density at radius 2 is 2.04 bits per heavy atom. The summed E-state index contributed by atoms with van der Waals surface area (Å²) in [5.41, 5.74) is 0.628. The molecule has 0 radical (unpaired) electrons. The van der Waals surface area contributed by atoms with Gasteiger partial charge in [-0.05, 0) is 43.0 Å². The molecule has 2 heterocycles. The summed E-state index contributed by atoms with van der Waals surface area (Å²) in [6.45, 7) is 1.07. The van der Waals surface area contributed by atoms with Crippen molar-refractivity contribution < 1.29 is 19.4 Å². The highest BCUT2D eigenvalue weighted by Gasteiger charge is 2.24. The fraction of sp³-hybridized carbons (Fsp3) is 0.389. The number of halogens is 1. The number of aromatic nitrogens is 1. The molecule has 1 saturated heterocycles. The highest BCUT2D eigenvalue weighted by atomic mass is 35.5. The number of hydrogen-bond donors (Lipinski definition) is 1. The second-order valence-corrected chi connectivity index (χ2v) is 6.56. The van der Waals surface area contributed by atoms with Gasteiger partial charge in [0, 0.05) is 31.1 Å². The van der Waals surface area contributed by atoms with E-state index in [2.05, 4.69) is 4.98 Å². The van der Waals surface area contributed by atoms with E-state index in [1.807, 2.05) is 6.07 Å². The minimum atomic E-state index is -0.782. The van der Waals surface area contributed by atoms with Crippen molar-refractivity contribution in [3.63, 3.8) is 0 Å². The van der Waals surface area contributed by atoms with E-state index in [0.29, 0.717) is 42.2 Å². The van der Waals surface area contributed by atoms with E-state index < -0.39 is 5.97 Å². The number of aliphatic carboxylic acids is 1. The molecule has 25 heavy (non-hydrogen) atoms. The third-order valence-corrected chi connectivity index (χ3v) is 4.79. The van der Waals surface area contributed by atoms with Crippen LogP contribution in [0.25, 0.3) is 10.9 Å². The third-order valence-electron chi connectivity index (χ3n) is 4.46. The van der Waals surface area contributed by atoms with Crippen molar-refractivity contribution in [2.24, 2.45) is 5.92 Å². The average Bonchev–Trinajstić information content (AvgIpc) is 2.61. The molecule has 1 fully saturated rings. The molecule has 1 amide bonds. The summed E-state index contributed by atoms with van der Waals surface area (Å²) in [7, 11) is 0. The first kappa shape index (κ1) is 17.5. The number of nitrogens with zero attached hydrogens (tertiary/aromatic N) is 2. The van der Waals surface area contributed by atoms with Gasteiger partial charge in [-0.1, -0.05) is 11.6 Å². The maximum atomic E-state index is 12.3. The smallest absolute Gasteiger partial charge is 0.303 e. The van der Waals surface area contributed by atoms with Crippen LogP contribution in [0.4, 0.5) is 0 Å². The van der Waals surface area contributed by atoms with Crippen LogP contribution in [0.5, 0.6) is 5.75 Å². The average molecular weight is 363 g/mol. The summed E-state index contributed by atoms with van der Waals surface area (Å²) < 4.78 is 5.67. The molecule has 132 valence electrons. The van der Waals surface area contributed by atoms with Crippen molar-refractivity contribution in [1.29, 1.82) is 0 Å². The van der Waals surface area contributed by atoms with Crippen LogP contribution in [0.3, 0.4) is 0 Å². The van der Waals surface area contributed by atoms with Gasteiger partial charge in [0.25, 0.3) is 5.91 Å². The molecular weight excluding hydrogens is 344 g/mol. The summed E-state index contributed by atoms with van der Waals surface area (Å²) in [5, 5.41) is 10.2. The Balaban J connectivity index is 1.59. The lowest BCUT2D eigenvalue weighted by Crippen LogP contribution is -2.41. The van der Waals surface area contributed by atoms with E-state index in [4.69, 9.17) is 21.4 Å². The van der Waals surface area contributed by atoms with Gasteiger partial charge in [-0.3, -0.25) is 14.6 Å². The van der Waals surface area contributed by atoms with Crippen LogP contribution in [-0.4, -0.2) is 46.6 Å². The first-order valence-corrected chi connectivity index (χ1v) is 8.58. The number of carboxylic acids is 1. The van der Waals surface area contributed by atoms with Crippen molar-refractivity contribution in [1.82, 2.24) is 9.88 Å². The van der Waals surface area contributed by atoms with E-state index >= 15 is 0 Å². The van der Waals surface area contributed by atoms with Crippen LogP contribution in [-0.2, 0) is 9.59 Å². The highest BCUT2D eigenvalue weighted by Crippen LogP contribution is 2.29. The number of rotatable bonds is 5. The number of piperidine rings is 1. The second-order valence-electron chi connectivity index (χ2n) is 6.16. The molecule has 1 aliphatic rings.